The second-order valence-corrected chi connectivity index (χ2v) is 10.8. The van der Waals surface area contributed by atoms with Crippen LogP contribution < -0.4 is 15.0 Å². The summed E-state index contributed by atoms with van der Waals surface area (Å²) in [6, 6.07) is 16.7. The van der Waals surface area contributed by atoms with Gasteiger partial charge in [0, 0.05) is 42.8 Å². The van der Waals surface area contributed by atoms with E-state index >= 15 is 0 Å². The Balaban J connectivity index is 1.11. The lowest BCUT2D eigenvalue weighted by molar-refractivity contribution is 0.155. The highest BCUT2D eigenvalue weighted by molar-refractivity contribution is 5.85. The number of benzene rings is 2. The molecule has 6 heteroatoms. The molecule has 2 aliphatic heterocycles. The van der Waals surface area contributed by atoms with E-state index in [1.807, 2.05) is 37.3 Å². The van der Waals surface area contributed by atoms with E-state index in [-0.39, 0.29) is 5.82 Å². The number of likely N-dealkylation sites (tertiary alicyclic amines) is 1. The molecule has 3 heterocycles. The average Bonchev–Trinajstić information content (AvgIpc) is 2.85. The Hall–Kier alpha value is -2.70. The first kappa shape index (κ1) is 25.0. The van der Waals surface area contributed by atoms with E-state index in [0.717, 1.165) is 67.2 Å². The number of piperidine rings is 1. The Morgan fingerprint density at radius 2 is 1.81 bits per heavy atom. The van der Waals surface area contributed by atoms with E-state index in [0.29, 0.717) is 24.6 Å². The molecule has 2 fully saturated rings. The fraction of sp³-hybridized carbons (Fsp3) is 0.500. The molecule has 0 saturated carbocycles. The number of nitrogens with one attached hydrogen (secondary N) is 1. The SMILES string of the molecule is Cc1ccc2c(OCCN3CCC(Cc4ccc(F)c(N5C[C@@H](C)N[C@@H](C)C5)c4)CC3)cccc2n1. The standard InChI is InChI=1S/C30H39FN4O/c1-21-7-9-26-28(33-21)5-4-6-30(26)36-16-15-34-13-11-24(12-14-34)17-25-8-10-27(31)29(18-25)35-19-22(2)32-23(3)20-35/h4-10,18,22-24,32H,11-17,19-20H2,1-3H3/t22-,23+. The molecule has 0 unspecified atom stereocenters. The van der Waals surface area contributed by atoms with Gasteiger partial charge in [0.1, 0.15) is 18.2 Å². The normalized spacial score (nSPS) is 21.7. The van der Waals surface area contributed by atoms with Gasteiger partial charge in [-0.25, -0.2) is 4.39 Å². The summed E-state index contributed by atoms with van der Waals surface area (Å²) < 4.78 is 20.9. The quantitative estimate of drug-likeness (QED) is 0.493. The molecule has 2 aromatic carbocycles. The van der Waals surface area contributed by atoms with E-state index in [1.54, 1.807) is 6.07 Å². The topological polar surface area (TPSA) is 40.6 Å². The molecule has 2 atom stereocenters. The summed E-state index contributed by atoms with van der Waals surface area (Å²) in [4.78, 5) is 9.32. The van der Waals surface area contributed by atoms with Gasteiger partial charge in [-0.2, -0.15) is 0 Å². The lowest BCUT2D eigenvalue weighted by atomic mass is 9.90. The van der Waals surface area contributed by atoms with Crippen molar-refractivity contribution in [3.63, 3.8) is 0 Å². The smallest absolute Gasteiger partial charge is 0.146 e. The maximum Gasteiger partial charge on any atom is 0.146 e. The van der Waals surface area contributed by atoms with Crippen LogP contribution in [-0.2, 0) is 6.42 Å². The Bertz CT molecular complexity index is 1170. The van der Waals surface area contributed by atoms with Crippen LogP contribution in [-0.4, -0.2) is 61.3 Å². The Labute approximate surface area is 214 Å². The zero-order valence-electron chi connectivity index (χ0n) is 21.8. The zero-order chi connectivity index (χ0) is 25.1. The first-order chi connectivity index (χ1) is 17.4. The van der Waals surface area contributed by atoms with Crippen LogP contribution in [0.1, 0.15) is 37.9 Å². The third-order valence-electron chi connectivity index (χ3n) is 7.64. The van der Waals surface area contributed by atoms with Gasteiger partial charge in [0.05, 0.1) is 11.2 Å². The third kappa shape index (κ3) is 5.98. The fourth-order valence-corrected chi connectivity index (χ4v) is 5.84. The number of fused-ring (bicyclic) bond motifs is 1. The second kappa shape index (κ2) is 11.1. The lowest BCUT2D eigenvalue weighted by Crippen LogP contribution is -2.54. The fourth-order valence-electron chi connectivity index (χ4n) is 5.84. The number of ether oxygens (including phenoxy) is 1. The number of hydrogen-bond donors (Lipinski definition) is 1. The number of hydrogen-bond acceptors (Lipinski definition) is 5. The van der Waals surface area contributed by atoms with E-state index in [4.69, 9.17) is 4.74 Å². The number of pyridine rings is 1. The number of piperazine rings is 1. The van der Waals surface area contributed by atoms with Crippen molar-refractivity contribution in [1.82, 2.24) is 15.2 Å². The summed E-state index contributed by atoms with van der Waals surface area (Å²) in [5.74, 6) is 1.45. The first-order valence-electron chi connectivity index (χ1n) is 13.5. The first-order valence-corrected chi connectivity index (χ1v) is 13.5. The van der Waals surface area contributed by atoms with Crippen LogP contribution in [0.25, 0.3) is 10.9 Å². The molecule has 2 saturated heterocycles. The molecule has 1 N–H and O–H groups in total. The van der Waals surface area contributed by atoms with Gasteiger partial charge >= 0.3 is 0 Å². The van der Waals surface area contributed by atoms with Crippen molar-refractivity contribution < 1.29 is 9.13 Å². The van der Waals surface area contributed by atoms with Gasteiger partial charge in [-0.1, -0.05) is 12.1 Å². The Kier molecular flexibility index (Phi) is 7.73. The number of nitrogens with zero attached hydrogens (tertiary/aromatic N) is 3. The minimum absolute atomic E-state index is 0.105. The number of halogens is 1. The summed E-state index contributed by atoms with van der Waals surface area (Å²) in [6.07, 6.45) is 3.37. The molecular weight excluding hydrogens is 451 g/mol. The third-order valence-corrected chi connectivity index (χ3v) is 7.64. The average molecular weight is 491 g/mol. The van der Waals surface area contributed by atoms with E-state index in [9.17, 15) is 4.39 Å². The summed E-state index contributed by atoms with van der Waals surface area (Å²) in [7, 11) is 0. The predicted octanol–water partition coefficient (Wildman–Crippen LogP) is 5.20. The molecule has 5 nitrogen and oxygen atoms in total. The number of aryl methyl sites for hydroxylation is 1. The highest BCUT2D eigenvalue weighted by atomic mass is 19.1. The number of rotatable bonds is 7. The molecule has 36 heavy (non-hydrogen) atoms. The molecule has 2 aliphatic rings. The van der Waals surface area contributed by atoms with E-state index in [1.165, 1.54) is 18.4 Å². The van der Waals surface area contributed by atoms with Crippen LogP contribution in [0.4, 0.5) is 10.1 Å². The van der Waals surface area contributed by atoms with Gasteiger partial charge in [-0.3, -0.25) is 9.88 Å². The number of aromatic nitrogens is 1. The number of anilines is 1. The maximum absolute atomic E-state index is 14.7. The lowest BCUT2D eigenvalue weighted by Gasteiger charge is -2.38. The van der Waals surface area contributed by atoms with Gasteiger partial charge in [0.2, 0.25) is 0 Å². The molecule has 0 spiro atoms. The molecule has 3 aromatic rings. The largest absolute Gasteiger partial charge is 0.492 e. The van der Waals surface area contributed by atoms with Crippen molar-refractivity contribution in [2.45, 2.75) is 52.1 Å². The van der Waals surface area contributed by atoms with Gasteiger partial charge in [-0.05, 0) is 101 Å². The zero-order valence-corrected chi connectivity index (χ0v) is 21.8. The molecule has 192 valence electrons. The van der Waals surface area contributed by atoms with Gasteiger partial charge in [0.15, 0.2) is 0 Å². The summed E-state index contributed by atoms with van der Waals surface area (Å²) >= 11 is 0. The van der Waals surface area contributed by atoms with Crippen LogP contribution in [0, 0.1) is 18.7 Å². The highest BCUT2D eigenvalue weighted by Gasteiger charge is 2.24. The van der Waals surface area contributed by atoms with E-state index in [2.05, 4.69) is 46.1 Å². The van der Waals surface area contributed by atoms with Crippen LogP contribution in [0.15, 0.2) is 48.5 Å². The van der Waals surface area contributed by atoms with Crippen LogP contribution in [0.5, 0.6) is 5.75 Å². The van der Waals surface area contributed by atoms with Gasteiger partial charge in [-0.15, -0.1) is 0 Å². The Morgan fingerprint density at radius 1 is 1.03 bits per heavy atom. The molecule has 5 rings (SSSR count). The van der Waals surface area contributed by atoms with Crippen molar-refractivity contribution in [2.75, 3.05) is 44.2 Å². The van der Waals surface area contributed by atoms with Crippen LogP contribution in [0.2, 0.25) is 0 Å². The maximum atomic E-state index is 14.7. The van der Waals surface area contributed by atoms with Crippen LogP contribution in [0.3, 0.4) is 0 Å². The molecule has 0 aliphatic carbocycles. The van der Waals surface area contributed by atoms with Crippen molar-refractivity contribution in [1.29, 1.82) is 0 Å². The van der Waals surface area contributed by atoms with E-state index < -0.39 is 0 Å². The predicted molar refractivity (Wildman–Crippen MR) is 146 cm³/mol. The van der Waals surface area contributed by atoms with Gasteiger partial charge < -0.3 is 15.0 Å². The second-order valence-electron chi connectivity index (χ2n) is 10.8. The van der Waals surface area contributed by atoms with Gasteiger partial charge in [0.25, 0.3) is 0 Å². The molecule has 1 aromatic heterocycles. The highest BCUT2D eigenvalue weighted by Crippen LogP contribution is 2.28. The minimum Gasteiger partial charge on any atom is -0.492 e. The monoisotopic (exact) mass is 490 g/mol. The van der Waals surface area contributed by atoms with Crippen molar-refractivity contribution >= 4 is 16.6 Å². The molecular formula is C30H39FN4O. The summed E-state index contributed by atoms with van der Waals surface area (Å²) in [5.41, 5.74) is 4.03. The van der Waals surface area contributed by atoms with Crippen LogP contribution >= 0.6 is 0 Å². The van der Waals surface area contributed by atoms with Crippen molar-refractivity contribution in [3.05, 3.63) is 65.6 Å². The summed E-state index contributed by atoms with van der Waals surface area (Å²) in [5, 5.41) is 4.61. The van der Waals surface area contributed by atoms with Crippen molar-refractivity contribution in [2.24, 2.45) is 5.92 Å². The Morgan fingerprint density at radius 3 is 2.58 bits per heavy atom. The molecule has 0 radical (unpaired) electrons. The summed E-state index contributed by atoms with van der Waals surface area (Å²) in [6.45, 7) is 11.8. The van der Waals surface area contributed by atoms with Crippen molar-refractivity contribution in [3.8, 4) is 5.75 Å². The minimum atomic E-state index is -0.105. The molecule has 0 bridgehead atoms. The molecule has 0 amide bonds.